The molecule has 6 heteroatoms. The topological polar surface area (TPSA) is 50.5 Å². The fourth-order valence-corrected chi connectivity index (χ4v) is 4.23. The Bertz CT molecular complexity index is 720. The van der Waals surface area contributed by atoms with Crippen molar-refractivity contribution >= 4 is 11.6 Å². The molecule has 0 bridgehead atoms. The van der Waals surface area contributed by atoms with Crippen molar-refractivity contribution in [3.63, 3.8) is 0 Å². The predicted octanol–water partition coefficient (Wildman–Crippen LogP) is 2.36. The molecule has 5 nitrogen and oxygen atoms in total. The molecule has 0 unspecified atom stereocenters. The molecule has 24 heavy (non-hydrogen) atoms. The van der Waals surface area contributed by atoms with E-state index in [0.29, 0.717) is 10.9 Å². The number of aliphatic hydroxyl groups excluding tert-OH is 1. The number of aliphatic hydroxyl groups is 1. The van der Waals surface area contributed by atoms with Crippen LogP contribution in [0.5, 0.6) is 0 Å². The summed E-state index contributed by atoms with van der Waals surface area (Å²) in [6.07, 6.45) is 4.88. The summed E-state index contributed by atoms with van der Waals surface area (Å²) < 4.78 is 7.44. The maximum Gasteiger partial charge on any atom is 0.0831 e. The first kappa shape index (κ1) is 16.1. The van der Waals surface area contributed by atoms with Gasteiger partial charge in [0.2, 0.25) is 0 Å². The summed E-state index contributed by atoms with van der Waals surface area (Å²) in [5.41, 5.74) is 2.06. The highest BCUT2D eigenvalue weighted by molar-refractivity contribution is 6.32. The Morgan fingerprint density at radius 2 is 2.25 bits per heavy atom. The third-order valence-electron chi connectivity index (χ3n) is 5.40. The SMILES string of the molecule is OC[C@]12CCOC[C@H]1CN(Cc1cnn(-c3ccccc3Cl)c1)C2. The third-order valence-corrected chi connectivity index (χ3v) is 5.72. The fourth-order valence-electron chi connectivity index (χ4n) is 4.01. The molecule has 2 saturated heterocycles. The van der Waals surface area contributed by atoms with Gasteiger partial charge in [-0.1, -0.05) is 23.7 Å². The molecule has 1 aromatic carbocycles. The Balaban J connectivity index is 1.48. The molecule has 0 radical (unpaired) electrons. The molecule has 2 aliphatic rings. The minimum Gasteiger partial charge on any atom is -0.396 e. The lowest BCUT2D eigenvalue weighted by Crippen LogP contribution is -2.41. The molecule has 2 aliphatic heterocycles. The molecule has 0 amide bonds. The first-order valence-electron chi connectivity index (χ1n) is 8.40. The van der Waals surface area contributed by atoms with Crippen molar-refractivity contribution < 1.29 is 9.84 Å². The number of ether oxygens (including phenoxy) is 1. The van der Waals surface area contributed by atoms with Gasteiger partial charge in [-0.25, -0.2) is 4.68 Å². The number of nitrogens with zero attached hydrogens (tertiary/aromatic N) is 3. The maximum absolute atomic E-state index is 9.91. The average molecular weight is 348 g/mol. The van der Waals surface area contributed by atoms with Crippen molar-refractivity contribution in [2.24, 2.45) is 11.3 Å². The number of rotatable bonds is 4. The van der Waals surface area contributed by atoms with E-state index < -0.39 is 0 Å². The van der Waals surface area contributed by atoms with Gasteiger partial charge in [0.25, 0.3) is 0 Å². The largest absolute Gasteiger partial charge is 0.396 e. The monoisotopic (exact) mass is 347 g/mol. The summed E-state index contributed by atoms with van der Waals surface area (Å²) in [6.45, 7) is 4.50. The molecule has 4 rings (SSSR count). The summed E-state index contributed by atoms with van der Waals surface area (Å²) in [6, 6.07) is 7.70. The lowest BCUT2D eigenvalue weighted by Gasteiger charge is -2.36. The molecule has 0 aliphatic carbocycles. The van der Waals surface area contributed by atoms with E-state index in [1.165, 1.54) is 0 Å². The van der Waals surface area contributed by atoms with Crippen LogP contribution in [0.2, 0.25) is 5.02 Å². The van der Waals surface area contributed by atoms with Crippen LogP contribution in [-0.2, 0) is 11.3 Å². The van der Waals surface area contributed by atoms with E-state index in [4.69, 9.17) is 16.3 Å². The van der Waals surface area contributed by atoms with Crippen LogP contribution in [0.15, 0.2) is 36.7 Å². The van der Waals surface area contributed by atoms with Gasteiger partial charge in [0, 0.05) is 49.3 Å². The zero-order valence-corrected chi connectivity index (χ0v) is 14.3. The van der Waals surface area contributed by atoms with Crippen LogP contribution in [0.1, 0.15) is 12.0 Å². The van der Waals surface area contributed by atoms with Crippen LogP contribution in [0, 0.1) is 11.3 Å². The minimum atomic E-state index is 0.0109. The molecule has 2 atom stereocenters. The van der Waals surface area contributed by atoms with E-state index >= 15 is 0 Å². The van der Waals surface area contributed by atoms with Gasteiger partial charge in [-0.2, -0.15) is 5.10 Å². The number of likely N-dealkylation sites (tertiary alicyclic amines) is 1. The molecule has 0 saturated carbocycles. The molecule has 1 aromatic heterocycles. The highest BCUT2D eigenvalue weighted by Gasteiger charge is 2.47. The zero-order valence-electron chi connectivity index (χ0n) is 13.6. The molecule has 2 fully saturated rings. The first-order valence-corrected chi connectivity index (χ1v) is 8.77. The van der Waals surface area contributed by atoms with Crippen molar-refractivity contribution in [1.29, 1.82) is 0 Å². The van der Waals surface area contributed by atoms with Crippen LogP contribution in [0.3, 0.4) is 0 Å². The van der Waals surface area contributed by atoms with Crippen molar-refractivity contribution in [2.75, 3.05) is 32.9 Å². The van der Waals surface area contributed by atoms with Crippen LogP contribution in [0.4, 0.5) is 0 Å². The van der Waals surface area contributed by atoms with E-state index in [-0.39, 0.29) is 12.0 Å². The summed E-state index contributed by atoms with van der Waals surface area (Å²) in [4.78, 5) is 2.41. The van der Waals surface area contributed by atoms with E-state index in [2.05, 4.69) is 10.00 Å². The zero-order chi connectivity index (χ0) is 16.6. The van der Waals surface area contributed by atoms with Crippen LogP contribution in [-0.4, -0.2) is 52.7 Å². The number of hydrogen-bond acceptors (Lipinski definition) is 4. The third kappa shape index (κ3) is 2.86. The summed E-state index contributed by atoms with van der Waals surface area (Å²) >= 11 is 6.25. The van der Waals surface area contributed by atoms with E-state index in [1.54, 1.807) is 0 Å². The summed E-state index contributed by atoms with van der Waals surface area (Å²) in [5, 5.41) is 15.0. The standard InChI is InChI=1S/C18H22ClN3O2/c19-16-3-1-2-4-17(16)22-9-14(7-20-22)8-21-10-15-11-24-6-5-18(15,12-21)13-23/h1-4,7,9,15,23H,5-6,8,10-13H2/t15-,18-/m1/s1. The van der Waals surface area contributed by atoms with E-state index in [0.717, 1.165) is 50.5 Å². The van der Waals surface area contributed by atoms with Gasteiger partial charge in [-0.05, 0) is 18.6 Å². The lowest BCUT2D eigenvalue weighted by molar-refractivity contribution is -0.0417. The predicted molar refractivity (Wildman–Crippen MR) is 92.3 cm³/mol. The Hall–Kier alpha value is -1.40. The molecule has 3 heterocycles. The van der Waals surface area contributed by atoms with Crippen LogP contribution in [0.25, 0.3) is 5.69 Å². The molecule has 128 valence electrons. The van der Waals surface area contributed by atoms with Crippen molar-refractivity contribution in [1.82, 2.24) is 14.7 Å². The second-order valence-corrected chi connectivity index (χ2v) is 7.36. The number of fused-ring (bicyclic) bond motifs is 1. The number of aromatic nitrogens is 2. The Kier molecular flexibility index (Phi) is 4.35. The van der Waals surface area contributed by atoms with Gasteiger partial charge in [-0.15, -0.1) is 0 Å². The first-order chi connectivity index (χ1) is 11.7. The highest BCUT2D eigenvalue weighted by Crippen LogP contribution is 2.42. The molecule has 2 aromatic rings. The van der Waals surface area contributed by atoms with Gasteiger partial charge in [-0.3, -0.25) is 4.90 Å². The Labute approximate surface area is 146 Å². The van der Waals surface area contributed by atoms with Gasteiger partial charge < -0.3 is 9.84 Å². The average Bonchev–Trinajstić information content (AvgIpc) is 3.20. The number of para-hydroxylation sites is 1. The van der Waals surface area contributed by atoms with E-state index in [1.807, 2.05) is 41.3 Å². The quantitative estimate of drug-likeness (QED) is 0.922. The summed E-state index contributed by atoms with van der Waals surface area (Å²) in [7, 11) is 0. The number of benzene rings is 1. The van der Waals surface area contributed by atoms with Crippen LogP contribution >= 0.6 is 11.6 Å². The highest BCUT2D eigenvalue weighted by atomic mass is 35.5. The second-order valence-electron chi connectivity index (χ2n) is 6.96. The van der Waals surface area contributed by atoms with Crippen molar-refractivity contribution in [3.05, 3.63) is 47.2 Å². The van der Waals surface area contributed by atoms with Crippen LogP contribution < -0.4 is 0 Å². The minimum absolute atomic E-state index is 0.0109. The van der Waals surface area contributed by atoms with Gasteiger partial charge in [0.05, 0.1) is 30.1 Å². The van der Waals surface area contributed by atoms with Gasteiger partial charge in [0.1, 0.15) is 0 Å². The smallest absolute Gasteiger partial charge is 0.0831 e. The normalized spacial score (nSPS) is 27.3. The number of hydrogen-bond donors (Lipinski definition) is 1. The number of halogens is 1. The lowest BCUT2D eigenvalue weighted by atomic mass is 9.75. The maximum atomic E-state index is 9.91. The molecule has 1 N–H and O–H groups in total. The van der Waals surface area contributed by atoms with Gasteiger partial charge in [0.15, 0.2) is 0 Å². The van der Waals surface area contributed by atoms with Crippen molar-refractivity contribution in [3.8, 4) is 5.69 Å². The van der Waals surface area contributed by atoms with Crippen molar-refractivity contribution in [2.45, 2.75) is 13.0 Å². The fraction of sp³-hybridized carbons (Fsp3) is 0.500. The molecule has 0 spiro atoms. The van der Waals surface area contributed by atoms with E-state index in [9.17, 15) is 5.11 Å². The molecular formula is C18H22ClN3O2. The van der Waals surface area contributed by atoms with Gasteiger partial charge >= 0.3 is 0 Å². The summed E-state index contributed by atoms with van der Waals surface area (Å²) in [5.74, 6) is 0.426. The Morgan fingerprint density at radius 1 is 1.38 bits per heavy atom. The Morgan fingerprint density at radius 3 is 3.04 bits per heavy atom. The molecular weight excluding hydrogens is 326 g/mol. The second kappa shape index (κ2) is 6.48.